The smallest absolute Gasteiger partial charge is 0.356 e. The lowest BCUT2D eigenvalue weighted by Crippen LogP contribution is -2.37. The van der Waals surface area contributed by atoms with Gasteiger partial charge in [0.1, 0.15) is 0 Å². The van der Waals surface area contributed by atoms with Gasteiger partial charge in [0.15, 0.2) is 0 Å². The highest BCUT2D eigenvalue weighted by Gasteiger charge is 2.36. The number of halogens is 3. The molecule has 1 aromatic rings. The first-order valence-corrected chi connectivity index (χ1v) is 7.15. The van der Waals surface area contributed by atoms with Crippen LogP contribution in [0.5, 0.6) is 0 Å². The summed E-state index contributed by atoms with van der Waals surface area (Å²) in [6, 6.07) is -0.0191. The normalized spacial score (nSPS) is 19.4. The summed E-state index contributed by atoms with van der Waals surface area (Å²) in [6.45, 7) is 0.394. The number of alkyl halides is 3. The van der Waals surface area contributed by atoms with Crippen LogP contribution in [0.15, 0.2) is 0 Å². The maximum Gasteiger partial charge on any atom is 0.452 e. The summed E-state index contributed by atoms with van der Waals surface area (Å²) < 4.78 is 40.5. The highest BCUT2D eigenvalue weighted by Crippen LogP contribution is 2.31. The van der Waals surface area contributed by atoms with Gasteiger partial charge in [0.25, 0.3) is 0 Å². The molecule has 0 amide bonds. The molecule has 1 aliphatic carbocycles. The van der Waals surface area contributed by atoms with E-state index in [2.05, 4.69) is 14.7 Å². The fourth-order valence-electron chi connectivity index (χ4n) is 2.46. The second-order valence-corrected chi connectivity index (χ2v) is 5.56. The molecule has 0 bridgehead atoms. The Morgan fingerprint density at radius 1 is 1.32 bits per heavy atom. The summed E-state index contributed by atoms with van der Waals surface area (Å²) in [5, 5.41) is 3.21. The largest absolute Gasteiger partial charge is 0.452 e. The highest BCUT2D eigenvalue weighted by molar-refractivity contribution is 7.09. The predicted octanol–water partition coefficient (Wildman–Crippen LogP) is 2.88. The molecule has 0 aliphatic heterocycles. The van der Waals surface area contributed by atoms with Gasteiger partial charge in [0, 0.05) is 24.1 Å². The van der Waals surface area contributed by atoms with Gasteiger partial charge in [-0.05, 0) is 18.8 Å². The predicted molar refractivity (Wildman–Crippen MR) is 68.0 cm³/mol. The summed E-state index contributed by atoms with van der Waals surface area (Å²) in [5.41, 5.74) is 5.72. The highest BCUT2D eigenvalue weighted by atomic mass is 32.1. The summed E-state index contributed by atoms with van der Waals surface area (Å²) in [5.74, 6) is -0.670. The van der Waals surface area contributed by atoms with Crippen molar-refractivity contribution >= 4 is 16.7 Å². The molecule has 1 aliphatic rings. The number of nitrogens with two attached hydrogens (primary N) is 1. The van der Waals surface area contributed by atoms with Crippen molar-refractivity contribution in [1.29, 1.82) is 0 Å². The van der Waals surface area contributed by atoms with Gasteiger partial charge in [-0.25, -0.2) is 0 Å². The number of hydrogen-bond acceptors (Lipinski definition) is 5. The minimum atomic E-state index is -4.49. The van der Waals surface area contributed by atoms with Crippen LogP contribution >= 0.6 is 11.5 Å². The molecule has 1 unspecified atom stereocenters. The SMILES string of the molecule is NCC(Nc1nc(C(F)(F)F)ns1)C1CCCCC1. The van der Waals surface area contributed by atoms with Crippen molar-refractivity contribution in [3.63, 3.8) is 0 Å². The molecular weight excluding hydrogens is 277 g/mol. The van der Waals surface area contributed by atoms with Gasteiger partial charge in [0.05, 0.1) is 0 Å². The van der Waals surface area contributed by atoms with Gasteiger partial charge < -0.3 is 11.1 Å². The van der Waals surface area contributed by atoms with E-state index in [0.29, 0.717) is 12.5 Å². The van der Waals surface area contributed by atoms with Crippen molar-refractivity contribution in [2.45, 2.75) is 44.3 Å². The summed E-state index contributed by atoms with van der Waals surface area (Å²) in [4.78, 5) is 3.48. The minimum absolute atomic E-state index is 0.0191. The molecule has 8 heteroatoms. The molecule has 3 N–H and O–H groups in total. The lowest BCUT2D eigenvalue weighted by Gasteiger charge is -2.29. The lowest BCUT2D eigenvalue weighted by molar-refractivity contribution is -0.144. The molecule has 0 aromatic carbocycles. The maximum atomic E-state index is 12.4. The van der Waals surface area contributed by atoms with Gasteiger partial charge in [-0.3, -0.25) is 0 Å². The van der Waals surface area contributed by atoms with Crippen LogP contribution in [-0.2, 0) is 6.18 Å². The van der Waals surface area contributed by atoms with Gasteiger partial charge in [-0.1, -0.05) is 19.3 Å². The number of aromatic nitrogens is 2. The van der Waals surface area contributed by atoms with Crippen molar-refractivity contribution in [2.75, 3.05) is 11.9 Å². The molecule has 1 aromatic heterocycles. The molecule has 1 fully saturated rings. The van der Waals surface area contributed by atoms with E-state index in [1.165, 1.54) is 6.42 Å². The summed E-state index contributed by atoms with van der Waals surface area (Å²) >= 11 is 0.736. The quantitative estimate of drug-likeness (QED) is 0.896. The van der Waals surface area contributed by atoms with Crippen molar-refractivity contribution in [2.24, 2.45) is 11.7 Å². The van der Waals surface area contributed by atoms with Crippen LogP contribution in [0.25, 0.3) is 0 Å². The first-order chi connectivity index (χ1) is 9.00. The van der Waals surface area contributed by atoms with Crippen molar-refractivity contribution in [3.8, 4) is 0 Å². The van der Waals surface area contributed by atoms with Crippen molar-refractivity contribution in [3.05, 3.63) is 5.82 Å². The molecule has 2 rings (SSSR count). The van der Waals surface area contributed by atoms with Crippen LogP contribution in [0.2, 0.25) is 0 Å². The zero-order valence-corrected chi connectivity index (χ0v) is 11.2. The van der Waals surface area contributed by atoms with Gasteiger partial charge in [0.2, 0.25) is 11.0 Å². The topological polar surface area (TPSA) is 63.8 Å². The Kier molecular flexibility index (Phi) is 4.62. The molecule has 4 nitrogen and oxygen atoms in total. The number of anilines is 1. The molecule has 0 radical (unpaired) electrons. The van der Waals surface area contributed by atoms with Crippen LogP contribution in [0.3, 0.4) is 0 Å². The number of nitrogens with one attached hydrogen (secondary N) is 1. The number of hydrogen-bond donors (Lipinski definition) is 2. The number of nitrogens with zero attached hydrogens (tertiary/aromatic N) is 2. The second kappa shape index (κ2) is 6.04. The van der Waals surface area contributed by atoms with E-state index in [1.807, 2.05) is 0 Å². The molecular formula is C11H17F3N4S. The molecule has 1 atom stereocenters. The van der Waals surface area contributed by atoms with E-state index < -0.39 is 12.0 Å². The van der Waals surface area contributed by atoms with E-state index in [-0.39, 0.29) is 11.2 Å². The Hall–Kier alpha value is -0.890. The average Bonchev–Trinajstić information content (AvgIpc) is 2.85. The van der Waals surface area contributed by atoms with E-state index in [0.717, 1.165) is 37.2 Å². The summed E-state index contributed by atoms with van der Waals surface area (Å²) in [7, 11) is 0. The van der Waals surface area contributed by atoms with Gasteiger partial charge in [-0.15, -0.1) is 0 Å². The second-order valence-electron chi connectivity index (χ2n) is 4.81. The van der Waals surface area contributed by atoms with E-state index in [1.54, 1.807) is 0 Å². The Morgan fingerprint density at radius 3 is 2.53 bits per heavy atom. The van der Waals surface area contributed by atoms with Crippen molar-refractivity contribution < 1.29 is 13.2 Å². The van der Waals surface area contributed by atoms with Crippen LogP contribution in [0, 0.1) is 5.92 Å². The average molecular weight is 294 g/mol. The Bertz CT molecular complexity index is 401. The molecule has 1 heterocycles. The van der Waals surface area contributed by atoms with Crippen LogP contribution in [0.4, 0.5) is 18.3 Å². The fourth-order valence-corrected chi connectivity index (χ4v) is 3.11. The molecule has 19 heavy (non-hydrogen) atoms. The zero-order chi connectivity index (χ0) is 13.9. The fraction of sp³-hybridized carbons (Fsp3) is 0.818. The first kappa shape index (κ1) is 14.5. The van der Waals surface area contributed by atoms with E-state index >= 15 is 0 Å². The van der Waals surface area contributed by atoms with Crippen molar-refractivity contribution in [1.82, 2.24) is 9.36 Å². The van der Waals surface area contributed by atoms with Crippen LogP contribution < -0.4 is 11.1 Å². The number of rotatable bonds is 4. The Morgan fingerprint density at radius 2 is 2.00 bits per heavy atom. The standard InChI is InChI=1S/C11H17F3N4S/c12-11(13,14)9-17-10(19-18-9)16-8(6-15)7-4-2-1-3-5-7/h7-8H,1-6,15H2,(H,16,17,18). The molecule has 0 spiro atoms. The van der Waals surface area contributed by atoms with E-state index in [4.69, 9.17) is 5.73 Å². The monoisotopic (exact) mass is 294 g/mol. The third-order valence-electron chi connectivity index (χ3n) is 3.46. The Balaban J connectivity index is 1.99. The molecule has 0 saturated heterocycles. The van der Waals surface area contributed by atoms with Gasteiger partial charge in [-0.2, -0.15) is 22.5 Å². The molecule has 108 valence electrons. The third-order valence-corrected chi connectivity index (χ3v) is 4.11. The third kappa shape index (κ3) is 3.79. The van der Waals surface area contributed by atoms with E-state index in [9.17, 15) is 13.2 Å². The zero-order valence-electron chi connectivity index (χ0n) is 10.4. The Labute approximate surface area is 113 Å². The molecule has 1 saturated carbocycles. The summed E-state index contributed by atoms with van der Waals surface area (Å²) in [6.07, 6.45) is 1.20. The van der Waals surface area contributed by atoms with Crippen LogP contribution in [0.1, 0.15) is 37.9 Å². The first-order valence-electron chi connectivity index (χ1n) is 6.38. The maximum absolute atomic E-state index is 12.4. The van der Waals surface area contributed by atoms with Gasteiger partial charge >= 0.3 is 6.18 Å². The minimum Gasteiger partial charge on any atom is -0.356 e. The lowest BCUT2D eigenvalue weighted by atomic mass is 9.84. The van der Waals surface area contributed by atoms with Crippen LogP contribution in [-0.4, -0.2) is 21.9 Å².